The summed E-state index contributed by atoms with van der Waals surface area (Å²) in [5, 5.41) is 9.34. The standard InChI is InChI=1S/C14H24O2/c1-6-8-14(5,9-7-2)12(13(15)16)10-11(3)4/h6-7,11-12H,1-2,8-10H2,3-5H3,(H,15,16)/t12-/m0/s1. The first kappa shape index (κ1) is 14.9. The molecule has 0 heterocycles. The SMILES string of the molecule is C=CCC(C)(CC=C)[C@@H](CC(C)C)C(=O)O. The maximum absolute atomic E-state index is 11.4. The molecule has 0 fully saturated rings. The number of allylic oxidation sites excluding steroid dienone is 2. The molecular formula is C14H24O2. The van der Waals surface area contributed by atoms with Crippen molar-refractivity contribution in [3.63, 3.8) is 0 Å². The third-order valence-electron chi connectivity index (χ3n) is 3.07. The van der Waals surface area contributed by atoms with E-state index in [0.29, 0.717) is 25.2 Å². The van der Waals surface area contributed by atoms with Crippen molar-refractivity contribution in [2.75, 3.05) is 0 Å². The van der Waals surface area contributed by atoms with Gasteiger partial charge in [0.05, 0.1) is 5.92 Å². The molecule has 0 aromatic heterocycles. The van der Waals surface area contributed by atoms with E-state index in [1.54, 1.807) is 12.2 Å². The normalized spacial score (nSPS) is 13.5. The van der Waals surface area contributed by atoms with Gasteiger partial charge < -0.3 is 5.11 Å². The molecule has 16 heavy (non-hydrogen) atoms. The van der Waals surface area contributed by atoms with Crippen LogP contribution in [0.1, 0.15) is 40.0 Å². The van der Waals surface area contributed by atoms with Crippen LogP contribution < -0.4 is 0 Å². The second-order valence-corrected chi connectivity index (χ2v) is 5.16. The van der Waals surface area contributed by atoms with Crippen LogP contribution >= 0.6 is 0 Å². The Labute approximate surface area is 99.1 Å². The molecule has 0 unspecified atom stereocenters. The van der Waals surface area contributed by atoms with Crippen LogP contribution in [-0.2, 0) is 4.79 Å². The van der Waals surface area contributed by atoms with Crippen molar-refractivity contribution in [3.05, 3.63) is 25.3 Å². The van der Waals surface area contributed by atoms with Crippen LogP contribution in [0.2, 0.25) is 0 Å². The lowest BCUT2D eigenvalue weighted by Gasteiger charge is -2.34. The van der Waals surface area contributed by atoms with Gasteiger partial charge in [0.25, 0.3) is 0 Å². The fourth-order valence-corrected chi connectivity index (χ4v) is 2.18. The maximum atomic E-state index is 11.4. The molecule has 0 saturated heterocycles. The molecule has 0 bridgehead atoms. The molecule has 0 saturated carbocycles. The van der Waals surface area contributed by atoms with Gasteiger partial charge in [-0.1, -0.05) is 32.9 Å². The number of rotatable bonds is 8. The summed E-state index contributed by atoms with van der Waals surface area (Å²) in [5.41, 5.74) is -0.264. The quantitative estimate of drug-likeness (QED) is 0.635. The summed E-state index contributed by atoms with van der Waals surface area (Å²) >= 11 is 0. The van der Waals surface area contributed by atoms with E-state index in [9.17, 15) is 9.90 Å². The molecule has 2 heteroatoms. The van der Waals surface area contributed by atoms with Crippen molar-refractivity contribution in [1.29, 1.82) is 0 Å². The molecule has 0 aliphatic carbocycles. The molecule has 2 nitrogen and oxygen atoms in total. The van der Waals surface area contributed by atoms with Crippen molar-refractivity contribution < 1.29 is 9.90 Å². The zero-order valence-corrected chi connectivity index (χ0v) is 10.7. The van der Waals surface area contributed by atoms with Gasteiger partial charge in [-0.25, -0.2) is 0 Å². The average Bonchev–Trinajstić information content (AvgIpc) is 2.14. The molecule has 0 aliphatic heterocycles. The van der Waals surface area contributed by atoms with E-state index in [0.717, 1.165) is 0 Å². The van der Waals surface area contributed by atoms with E-state index in [-0.39, 0.29) is 11.3 Å². The highest BCUT2D eigenvalue weighted by Crippen LogP contribution is 2.39. The van der Waals surface area contributed by atoms with Crippen molar-refractivity contribution >= 4 is 5.97 Å². The smallest absolute Gasteiger partial charge is 0.307 e. The van der Waals surface area contributed by atoms with Gasteiger partial charge in [-0.05, 0) is 30.6 Å². The number of carboxylic acids is 1. The van der Waals surface area contributed by atoms with Gasteiger partial charge >= 0.3 is 5.97 Å². The molecule has 0 aromatic rings. The Morgan fingerprint density at radius 2 is 1.75 bits per heavy atom. The number of carbonyl (C=O) groups is 1. The van der Waals surface area contributed by atoms with Gasteiger partial charge in [-0.2, -0.15) is 0 Å². The van der Waals surface area contributed by atoms with Crippen LogP contribution in [-0.4, -0.2) is 11.1 Å². The molecule has 0 amide bonds. The third kappa shape index (κ3) is 4.21. The van der Waals surface area contributed by atoms with Crippen LogP contribution in [0.3, 0.4) is 0 Å². The Morgan fingerprint density at radius 3 is 2.00 bits per heavy atom. The van der Waals surface area contributed by atoms with Crippen molar-refractivity contribution in [2.45, 2.75) is 40.0 Å². The summed E-state index contributed by atoms with van der Waals surface area (Å²) in [6.07, 6.45) is 5.73. The van der Waals surface area contributed by atoms with Gasteiger partial charge in [0, 0.05) is 0 Å². The van der Waals surface area contributed by atoms with E-state index in [1.807, 2.05) is 6.92 Å². The van der Waals surface area contributed by atoms with Crippen LogP contribution in [0.25, 0.3) is 0 Å². The fourth-order valence-electron chi connectivity index (χ4n) is 2.18. The highest BCUT2D eigenvalue weighted by Gasteiger charge is 2.37. The molecule has 0 aliphatic rings. The summed E-state index contributed by atoms with van der Waals surface area (Å²) in [5.74, 6) is -0.654. The fraction of sp³-hybridized carbons (Fsp3) is 0.643. The minimum atomic E-state index is -0.708. The largest absolute Gasteiger partial charge is 0.481 e. The number of aliphatic carboxylic acids is 1. The Hall–Kier alpha value is -1.05. The van der Waals surface area contributed by atoms with Gasteiger partial charge in [-0.3, -0.25) is 4.79 Å². The Balaban J connectivity index is 4.99. The van der Waals surface area contributed by atoms with Gasteiger partial charge in [-0.15, -0.1) is 13.2 Å². The molecule has 1 atom stereocenters. The Kier molecular flexibility index (Phi) is 6.09. The van der Waals surface area contributed by atoms with Crippen LogP contribution in [0.15, 0.2) is 25.3 Å². The minimum absolute atomic E-state index is 0.264. The highest BCUT2D eigenvalue weighted by atomic mass is 16.4. The summed E-state index contributed by atoms with van der Waals surface area (Å²) in [4.78, 5) is 11.4. The third-order valence-corrected chi connectivity index (χ3v) is 3.07. The first-order valence-electron chi connectivity index (χ1n) is 5.82. The molecule has 0 aromatic carbocycles. The summed E-state index contributed by atoms with van der Waals surface area (Å²) in [6.45, 7) is 13.6. The van der Waals surface area contributed by atoms with Crippen molar-refractivity contribution in [1.82, 2.24) is 0 Å². The van der Waals surface area contributed by atoms with E-state index in [1.165, 1.54) is 0 Å². The number of hydrogen-bond acceptors (Lipinski definition) is 1. The lowest BCUT2D eigenvalue weighted by molar-refractivity contribution is -0.147. The lowest BCUT2D eigenvalue weighted by Crippen LogP contribution is -2.34. The van der Waals surface area contributed by atoms with E-state index < -0.39 is 5.97 Å². The maximum Gasteiger partial charge on any atom is 0.307 e. The molecule has 0 radical (unpaired) electrons. The minimum Gasteiger partial charge on any atom is -0.481 e. The van der Waals surface area contributed by atoms with Gasteiger partial charge in [0.15, 0.2) is 0 Å². The monoisotopic (exact) mass is 224 g/mol. The topological polar surface area (TPSA) is 37.3 Å². The predicted molar refractivity (Wildman–Crippen MR) is 68.3 cm³/mol. The van der Waals surface area contributed by atoms with E-state index >= 15 is 0 Å². The summed E-state index contributed by atoms with van der Waals surface area (Å²) < 4.78 is 0. The Morgan fingerprint density at radius 1 is 1.31 bits per heavy atom. The zero-order valence-electron chi connectivity index (χ0n) is 10.7. The average molecular weight is 224 g/mol. The highest BCUT2D eigenvalue weighted by molar-refractivity contribution is 5.71. The molecular weight excluding hydrogens is 200 g/mol. The van der Waals surface area contributed by atoms with Crippen LogP contribution in [0.5, 0.6) is 0 Å². The molecule has 92 valence electrons. The second kappa shape index (κ2) is 6.51. The zero-order chi connectivity index (χ0) is 12.8. The molecule has 0 spiro atoms. The van der Waals surface area contributed by atoms with Gasteiger partial charge in [0.2, 0.25) is 0 Å². The summed E-state index contributed by atoms with van der Waals surface area (Å²) in [7, 11) is 0. The lowest BCUT2D eigenvalue weighted by atomic mass is 9.69. The van der Waals surface area contributed by atoms with Crippen molar-refractivity contribution in [3.8, 4) is 0 Å². The molecule has 0 rings (SSSR count). The van der Waals surface area contributed by atoms with E-state index in [2.05, 4.69) is 27.0 Å². The molecule has 1 N–H and O–H groups in total. The predicted octanol–water partition coefficient (Wildman–Crippen LogP) is 3.89. The van der Waals surface area contributed by atoms with Gasteiger partial charge in [0.1, 0.15) is 0 Å². The first-order valence-corrected chi connectivity index (χ1v) is 5.82. The Bertz CT molecular complexity index is 243. The first-order chi connectivity index (χ1) is 7.37. The van der Waals surface area contributed by atoms with Crippen LogP contribution in [0, 0.1) is 17.3 Å². The second-order valence-electron chi connectivity index (χ2n) is 5.16. The number of carboxylic acid groups (broad SMARTS) is 1. The number of hydrogen-bond donors (Lipinski definition) is 1. The van der Waals surface area contributed by atoms with Crippen LogP contribution in [0.4, 0.5) is 0 Å². The summed E-state index contributed by atoms with van der Waals surface area (Å²) in [6, 6.07) is 0. The van der Waals surface area contributed by atoms with E-state index in [4.69, 9.17) is 0 Å². The van der Waals surface area contributed by atoms with Crippen molar-refractivity contribution in [2.24, 2.45) is 17.3 Å².